The number of alkyl halides is 3. The normalized spacial score (nSPS) is 12.1. The van der Waals surface area contributed by atoms with Crippen molar-refractivity contribution in [3.8, 4) is 0 Å². The lowest BCUT2D eigenvalue weighted by molar-refractivity contribution is -0.137. The van der Waals surface area contributed by atoms with Gasteiger partial charge in [0.1, 0.15) is 0 Å². The van der Waals surface area contributed by atoms with E-state index in [0.29, 0.717) is 11.8 Å². The van der Waals surface area contributed by atoms with Gasteiger partial charge < -0.3 is 5.32 Å². The summed E-state index contributed by atoms with van der Waals surface area (Å²) in [5.41, 5.74) is 1.24. The number of nitrogens with zero attached hydrogens (tertiary/aromatic N) is 1. The number of rotatable bonds is 7. The Labute approximate surface area is 167 Å². The molecule has 5 nitrogen and oxygen atoms in total. The zero-order chi connectivity index (χ0) is 21.8. The molecule has 2 rings (SSSR count). The minimum atomic E-state index is -4.69. The first-order valence-electron chi connectivity index (χ1n) is 8.60. The van der Waals surface area contributed by atoms with Gasteiger partial charge in [0.05, 0.1) is 17.0 Å². The molecule has 0 saturated heterocycles. The maximum Gasteiger partial charge on any atom is 0.416 e. The molecule has 156 valence electrons. The molecule has 0 heterocycles. The molecule has 9 heteroatoms. The van der Waals surface area contributed by atoms with Crippen LogP contribution in [0.25, 0.3) is 0 Å². The van der Waals surface area contributed by atoms with Crippen molar-refractivity contribution in [2.45, 2.75) is 24.9 Å². The van der Waals surface area contributed by atoms with Gasteiger partial charge in [-0.05, 0) is 43.7 Å². The molecule has 2 aromatic rings. The molecule has 0 aliphatic heterocycles. The Morgan fingerprint density at radius 1 is 1.17 bits per heavy atom. The number of anilines is 1. The van der Waals surface area contributed by atoms with E-state index in [9.17, 15) is 26.4 Å². The molecule has 0 atom stereocenters. The standard InChI is InChI=1S/C20H21F3N2O3S/c1-4-10-25(13-19(26)24-18-9-8-14(2)11-15(18)3)29(27,28)17-7-5-6-16(12-17)20(21,22)23/h4-9,11-12H,1,10,13H2,2-3H3,(H,24,26). The smallest absolute Gasteiger partial charge is 0.325 e. The topological polar surface area (TPSA) is 66.5 Å². The molecule has 1 N–H and O–H groups in total. The fourth-order valence-electron chi connectivity index (χ4n) is 2.68. The van der Waals surface area contributed by atoms with E-state index in [1.165, 1.54) is 6.08 Å². The number of nitrogens with one attached hydrogen (secondary N) is 1. The number of carbonyl (C=O) groups excluding carboxylic acids is 1. The molecular formula is C20H21F3N2O3S. The van der Waals surface area contributed by atoms with Crippen LogP contribution in [-0.2, 0) is 21.0 Å². The number of hydrogen-bond acceptors (Lipinski definition) is 3. The number of benzene rings is 2. The molecule has 2 aromatic carbocycles. The summed E-state index contributed by atoms with van der Waals surface area (Å²) < 4.78 is 65.2. The Morgan fingerprint density at radius 2 is 1.86 bits per heavy atom. The van der Waals surface area contributed by atoms with Gasteiger partial charge in [-0.25, -0.2) is 8.42 Å². The van der Waals surface area contributed by atoms with Gasteiger partial charge in [0.15, 0.2) is 0 Å². The molecule has 0 aliphatic carbocycles. The molecular weight excluding hydrogens is 405 g/mol. The summed E-state index contributed by atoms with van der Waals surface area (Å²) in [7, 11) is -4.35. The first-order chi connectivity index (χ1) is 13.4. The third-order valence-electron chi connectivity index (χ3n) is 4.11. The van der Waals surface area contributed by atoms with Gasteiger partial charge in [0.25, 0.3) is 0 Å². The second kappa shape index (κ2) is 8.79. The Hall–Kier alpha value is -2.65. The van der Waals surface area contributed by atoms with Crippen LogP contribution in [0.15, 0.2) is 60.0 Å². The number of hydrogen-bond donors (Lipinski definition) is 1. The van der Waals surface area contributed by atoms with Crippen molar-refractivity contribution in [1.29, 1.82) is 0 Å². The monoisotopic (exact) mass is 426 g/mol. The van der Waals surface area contributed by atoms with Gasteiger partial charge in [-0.15, -0.1) is 6.58 Å². The SMILES string of the molecule is C=CCN(CC(=O)Nc1ccc(C)cc1C)S(=O)(=O)c1cccc(C(F)(F)F)c1. The van der Waals surface area contributed by atoms with Crippen molar-refractivity contribution < 1.29 is 26.4 Å². The predicted molar refractivity (Wildman–Crippen MR) is 105 cm³/mol. The van der Waals surface area contributed by atoms with Crippen molar-refractivity contribution in [2.75, 3.05) is 18.4 Å². The quantitative estimate of drug-likeness (QED) is 0.677. The number of aryl methyl sites for hydroxylation is 2. The molecule has 0 spiro atoms. The first-order valence-corrected chi connectivity index (χ1v) is 10.0. The van der Waals surface area contributed by atoms with Crippen molar-refractivity contribution in [2.24, 2.45) is 0 Å². The summed E-state index contributed by atoms with van der Waals surface area (Å²) in [5.74, 6) is -0.616. The lowest BCUT2D eigenvalue weighted by atomic mass is 10.1. The molecule has 0 bridgehead atoms. The Bertz CT molecular complexity index is 1020. The highest BCUT2D eigenvalue weighted by molar-refractivity contribution is 7.89. The van der Waals surface area contributed by atoms with Crippen LogP contribution in [0.3, 0.4) is 0 Å². The van der Waals surface area contributed by atoms with Crippen molar-refractivity contribution in [1.82, 2.24) is 4.31 Å². The largest absolute Gasteiger partial charge is 0.416 e. The summed E-state index contributed by atoms with van der Waals surface area (Å²) in [4.78, 5) is 11.9. The van der Waals surface area contributed by atoms with E-state index in [-0.39, 0.29) is 6.54 Å². The number of amides is 1. The number of sulfonamides is 1. The fourth-order valence-corrected chi connectivity index (χ4v) is 4.09. The molecule has 0 aromatic heterocycles. The van der Waals surface area contributed by atoms with Crippen LogP contribution >= 0.6 is 0 Å². The maximum absolute atomic E-state index is 12.9. The molecule has 0 fully saturated rings. The van der Waals surface area contributed by atoms with Crippen LogP contribution < -0.4 is 5.32 Å². The highest BCUT2D eigenvalue weighted by Gasteiger charge is 2.33. The van der Waals surface area contributed by atoms with E-state index < -0.39 is 39.1 Å². The van der Waals surface area contributed by atoms with E-state index in [4.69, 9.17) is 0 Å². The lowest BCUT2D eigenvalue weighted by Crippen LogP contribution is -2.38. The highest BCUT2D eigenvalue weighted by atomic mass is 32.2. The van der Waals surface area contributed by atoms with Crippen molar-refractivity contribution in [3.63, 3.8) is 0 Å². The van der Waals surface area contributed by atoms with Crippen LogP contribution in [-0.4, -0.2) is 31.7 Å². The third-order valence-corrected chi connectivity index (χ3v) is 5.92. The van der Waals surface area contributed by atoms with Crippen LogP contribution in [0.1, 0.15) is 16.7 Å². The fraction of sp³-hybridized carbons (Fsp3) is 0.250. The van der Waals surface area contributed by atoms with Gasteiger partial charge in [0.2, 0.25) is 15.9 Å². The lowest BCUT2D eigenvalue weighted by Gasteiger charge is -2.21. The molecule has 0 radical (unpaired) electrons. The third kappa shape index (κ3) is 5.68. The van der Waals surface area contributed by atoms with E-state index in [0.717, 1.165) is 33.6 Å². The number of carbonyl (C=O) groups is 1. The molecule has 0 aliphatic rings. The molecule has 0 saturated carbocycles. The van der Waals surface area contributed by atoms with Gasteiger partial charge in [-0.2, -0.15) is 17.5 Å². The Kier molecular flexibility index (Phi) is 6.86. The van der Waals surface area contributed by atoms with Gasteiger partial charge >= 0.3 is 6.18 Å². The maximum atomic E-state index is 12.9. The molecule has 0 unspecified atom stereocenters. The Morgan fingerprint density at radius 3 is 2.45 bits per heavy atom. The van der Waals surface area contributed by atoms with Gasteiger partial charge in [0, 0.05) is 12.2 Å². The molecule has 1 amide bonds. The average molecular weight is 426 g/mol. The second-order valence-corrected chi connectivity index (χ2v) is 8.42. The average Bonchev–Trinajstić information content (AvgIpc) is 2.63. The summed E-state index contributed by atoms with van der Waals surface area (Å²) in [6, 6.07) is 8.75. The van der Waals surface area contributed by atoms with Crippen LogP contribution in [0.2, 0.25) is 0 Å². The second-order valence-electron chi connectivity index (χ2n) is 6.48. The zero-order valence-electron chi connectivity index (χ0n) is 16.0. The summed E-state index contributed by atoms with van der Waals surface area (Å²) in [6.07, 6.45) is -3.43. The van der Waals surface area contributed by atoms with E-state index in [1.807, 2.05) is 13.0 Å². The predicted octanol–water partition coefficient (Wildman–Crippen LogP) is 4.14. The summed E-state index contributed by atoms with van der Waals surface area (Å²) >= 11 is 0. The van der Waals surface area contributed by atoms with Crippen LogP contribution in [0.5, 0.6) is 0 Å². The van der Waals surface area contributed by atoms with E-state index in [1.54, 1.807) is 19.1 Å². The minimum Gasteiger partial charge on any atom is -0.325 e. The first kappa shape index (κ1) is 22.6. The molecule has 29 heavy (non-hydrogen) atoms. The van der Waals surface area contributed by atoms with Crippen molar-refractivity contribution >= 4 is 21.6 Å². The van der Waals surface area contributed by atoms with E-state index in [2.05, 4.69) is 11.9 Å². The highest BCUT2D eigenvalue weighted by Crippen LogP contribution is 2.31. The zero-order valence-corrected chi connectivity index (χ0v) is 16.8. The van der Waals surface area contributed by atoms with Crippen LogP contribution in [0.4, 0.5) is 18.9 Å². The Balaban J connectivity index is 2.28. The van der Waals surface area contributed by atoms with E-state index >= 15 is 0 Å². The summed E-state index contributed by atoms with van der Waals surface area (Å²) in [6.45, 7) is 6.34. The number of halogens is 3. The van der Waals surface area contributed by atoms with Crippen LogP contribution in [0, 0.1) is 13.8 Å². The van der Waals surface area contributed by atoms with Gasteiger partial charge in [-0.1, -0.05) is 29.8 Å². The van der Waals surface area contributed by atoms with Gasteiger partial charge in [-0.3, -0.25) is 4.79 Å². The summed E-state index contributed by atoms with van der Waals surface area (Å²) in [5, 5.41) is 2.63. The minimum absolute atomic E-state index is 0.237. The van der Waals surface area contributed by atoms with Crippen molar-refractivity contribution in [3.05, 3.63) is 71.8 Å².